The van der Waals surface area contributed by atoms with Gasteiger partial charge in [0.2, 0.25) is 0 Å². The highest BCUT2D eigenvalue weighted by atomic mass is 35.5. The van der Waals surface area contributed by atoms with Gasteiger partial charge in [-0.1, -0.05) is 11.6 Å². The molecule has 6 nitrogen and oxygen atoms in total. The lowest BCUT2D eigenvalue weighted by Crippen LogP contribution is -2.44. The van der Waals surface area contributed by atoms with Crippen LogP contribution >= 0.6 is 11.6 Å². The van der Waals surface area contributed by atoms with Gasteiger partial charge in [0, 0.05) is 44.4 Å². The van der Waals surface area contributed by atoms with E-state index >= 15 is 0 Å². The van der Waals surface area contributed by atoms with Crippen molar-refractivity contribution in [3.8, 4) is 5.75 Å². The number of benzene rings is 1. The zero-order valence-corrected chi connectivity index (χ0v) is 16.0. The third-order valence-corrected chi connectivity index (χ3v) is 5.67. The third kappa shape index (κ3) is 3.87. The zero-order chi connectivity index (χ0) is 17.9. The van der Waals surface area contributed by atoms with Crippen molar-refractivity contribution in [3.63, 3.8) is 0 Å². The third-order valence-electron chi connectivity index (χ3n) is 5.39. The lowest BCUT2D eigenvalue weighted by Gasteiger charge is -2.34. The fraction of sp³-hybridized carbons (Fsp3) is 0.579. The summed E-state index contributed by atoms with van der Waals surface area (Å²) in [6.07, 6.45) is 5.07. The molecule has 1 aromatic carbocycles. The minimum atomic E-state index is 0.505. The summed E-state index contributed by atoms with van der Waals surface area (Å²) < 4.78 is 6.09. The second-order valence-corrected chi connectivity index (χ2v) is 7.58. The minimum Gasteiger partial charge on any atom is -0.493 e. The van der Waals surface area contributed by atoms with Gasteiger partial charge in [0.15, 0.2) is 0 Å². The molecule has 140 valence electrons. The van der Waals surface area contributed by atoms with E-state index in [2.05, 4.69) is 38.2 Å². The van der Waals surface area contributed by atoms with E-state index in [0.717, 1.165) is 61.5 Å². The van der Waals surface area contributed by atoms with E-state index in [0.29, 0.717) is 17.8 Å². The molecule has 26 heavy (non-hydrogen) atoms. The summed E-state index contributed by atoms with van der Waals surface area (Å²) >= 11 is 6.42. The summed E-state index contributed by atoms with van der Waals surface area (Å²) in [6.45, 7) is 5.84. The minimum absolute atomic E-state index is 0.505. The monoisotopic (exact) mass is 375 g/mol. The normalized spacial score (nSPS) is 21.5. The maximum atomic E-state index is 6.42. The van der Waals surface area contributed by atoms with Crippen LogP contribution in [0.5, 0.6) is 5.75 Å². The number of likely N-dealkylation sites (N-methyl/N-ethyl adjacent to an activating group) is 1. The summed E-state index contributed by atoms with van der Waals surface area (Å²) in [5.41, 5.74) is 1.92. The summed E-state index contributed by atoms with van der Waals surface area (Å²) in [7, 11) is 2.15. The number of halogens is 1. The van der Waals surface area contributed by atoms with E-state index in [1.165, 1.54) is 19.2 Å². The first-order chi connectivity index (χ1) is 12.7. The number of anilines is 1. The molecule has 7 heteroatoms. The van der Waals surface area contributed by atoms with E-state index in [4.69, 9.17) is 16.3 Å². The maximum absolute atomic E-state index is 6.42. The van der Waals surface area contributed by atoms with E-state index < -0.39 is 0 Å². The van der Waals surface area contributed by atoms with Crippen LogP contribution in [0.3, 0.4) is 0 Å². The SMILES string of the molecule is CN1CCN(c2cc(OCCC3CCCN3)cc3ncnc(Cl)c23)CC1. The van der Waals surface area contributed by atoms with Crippen molar-refractivity contribution in [1.29, 1.82) is 0 Å². The molecule has 0 amide bonds. The van der Waals surface area contributed by atoms with Gasteiger partial charge in [-0.15, -0.1) is 0 Å². The standard InChI is InChI=1S/C19H26ClN5O/c1-24-6-8-25(9-7-24)17-12-15(26-10-4-14-3-2-5-21-14)11-16-18(17)19(20)23-13-22-16/h11-14,21H,2-10H2,1H3. The number of fused-ring (bicyclic) bond motifs is 1. The Morgan fingerprint density at radius 2 is 2.08 bits per heavy atom. The summed E-state index contributed by atoms with van der Waals surface area (Å²) in [4.78, 5) is 13.3. The number of nitrogens with zero attached hydrogens (tertiary/aromatic N) is 4. The molecule has 2 saturated heterocycles. The first-order valence-electron chi connectivity index (χ1n) is 9.44. The summed E-state index contributed by atoms with van der Waals surface area (Å²) in [5, 5.41) is 4.94. The van der Waals surface area contributed by atoms with Gasteiger partial charge in [0.1, 0.15) is 17.2 Å². The van der Waals surface area contributed by atoms with Gasteiger partial charge in [-0.2, -0.15) is 0 Å². The van der Waals surface area contributed by atoms with Crippen LogP contribution in [0.25, 0.3) is 10.9 Å². The van der Waals surface area contributed by atoms with Gasteiger partial charge in [-0.05, 0) is 32.9 Å². The molecule has 1 unspecified atom stereocenters. The topological polar surface area (TPSA) is 53.5 Å². The second kappa shape index (κ2) is 7.94. The molecule has 1 aromatic heterocycles. The molecule has 1 atom stereocenters. The highest BCUT2D eigenvalue weighted by Gasteiger charge is 2.20. The van der Waals surface area contributed by atoms with Crippen molar-refractivity contribution in [2.75, 3.05) is 51.3 Å². The molecular formula is C19H26ClN5O. The number of hydrogen-bond donors (Lipinski definition) is 1. The van der Waals surface area contributed by atoms with Crippen LogP contribution in [0, 0.1) is 0 Å². The smallest absolute Gasteiger partial charge is 0.142 e. The molecule has 0 aliphatic carbocycles. The van der Waals surface area contributed by atoms with Gasteiger partial charge in [0.05, 0.1) is 23.2 Å². The zero-order valence-electron chi connectivity index (χ0n) is 15.2. The van der Waals surface area contributed by atoms with E-state index in [9.17, 15) is 0 Å². The van der Waals surface area contributed by atoms with Gasteiger partial charge in [-0.25, -0.2) is 9.97 Å². The fourth-order valence-electron chi connectivity index (χ4n) is 3.81. The predicted octanol–water partition coefficient (Wildman–Crippen LogP) is 2.56. The Labute approximate surface area is 159 Å². The highest BCUT2D eigenvalue weighted by Crippen LogP contribution is 2.35. The van der Waals surface area contributed by atoms with Crippen LogP contribution < -0.4 is 15.0 Å². The fourth-order valence-corrected chi connectivity index (χ4v) is 4.05. The number of ether oxygens (including phenoxy) is 1. The Morgan fingerprint density at radius 3 is 2.85 bits per heavy atom. The van der Waals surface area contributed by atoms with Crippen molar-refractivity contribution in [1.82, 2.24) is 20.2 Å². The Balaban J connectivity index is 1.57. The number of rotatable bonds is 5. The quantitative estimate of drug-likeness (QED) is 0.810. The average Bonchev–Trinajstić information content (AvgIpc) is 3.15. The molecule has 1 N–H and O–H groups in total. The summed E-state index contributed by atoms with van der Waals surface area (Å²) in [6, 6.07) is 4.67. The Hall–Kier alpha value is -1.63. The molecule has 3 heterocycles. The van der Waals surface area contributed by atoms with Crippen LogP contribution in [-0.4, -0.2) is 67.3 Å². The van der Waals surface area contributed by atoms with E-state index in [1.807, 2.05) is 6.07 Å². The molecule has 4 rings (SSSR count). The lowest BCUT2D eigenvalue weighted by atomic mass is 10.1. The van der Waals surface area contributed by atoms with Crippen LogP contribution in [0.4, 0.5) is 5.69 Å². The molecular weight excluding hydrogens is 350 g/mol. The first-order valence-corrected chi connectivity index (χ1v) is 9.82. The van der Waals surface area contributed by atoms with Gasteiger partial charge < -0.3 is 19.9 Å². The van der Waals surface area contributed by atoms with Crippen molar-refractivity contribution in [2.45, 2.75) is 25.3 Å². The van der Waals surface area contributed by atoms with Gasteiger partial charge in [0.25, 0.3) is 0 Å². The molecule has 2 aliphatic rings. The van der Waals surface area contributed by atoms with E-state index in [1.54, 1.807) is 0 Å². The Kier molecular flexibility index (Phi) is 5.43. The molecule has 0 radical (unpaired) electrons. The number of hydrogen-bond acceptors (Lipinski definition) is 6. The summed E-state index contributed by atoms with van der Waals surface area (Å²) in [5.74, 6) is 0.860. The predicted molar refractivity (Wildman–Crippen MR) is 105 cm³/mol. The highest BCUT2D eigenvalue weighted by molar-refractivity contribution is 6.35. The van der Waals surface area contributed by atoms with Crippen molar-refractivity contribution in [3.05, 3.63) is 23.6 Å². The largest absolute Gasteiger partial charge is 0.493 e. The van der Waals surface area contributed by atoms with Gasteiger partial charge in [-0.3, -0.25) is 0 Å². The maximum Gasteiger partial charge on any atom is 0.142 e. The number of nitrogens with one attached hydrogen (secondary N) is 1. The van der Waals surface area contributed by atoms with Crippen LogP contribution in [0.15, 0.2) is 18.5 Å². The Bertz CT molecular complexity index is 757. The Morgan fingerprint density at radius 1 is 1.23 bits per heavy atom. The van der Waals surface area contributed by atoms with Crippen LogP contribution in [0.1, 0.15) is 19.3 Å². The van der Waals surface area contributed by atoms with Crippen molar-refractivity contribution < 1.29 is 4.74 Å². The average molecular weight is 376 g/mol. The lowest BCUT2D eigenvalue weighted by molar-refractivity contribution is 0.292. The molecule has 2 aromatic rings. The molecule has 0 spiro atoms. The van der Waals surface area contributed by atoms with Crippen molar-refractivity contribution in [2.24, 2.45) is 0 Å². The second-order valence-electron chi connectivity index (χ2n) is 7.22. The van der Waals surface area contributed by atoms with Gasteiger partial charge >= 0.3 is 0 Å². The van der Waals surface area contributed by atoms with Crippen LogP contribution in [0.2, 0.25) is 5.15 Å². The molecule has 0 saturated carbocycles. The van der Waals surface area contributed by atoms with Crippen molar-refractivity contribution >= 4 is 28.2 Å². The number of aromatic nitrogens is 2. The molecule has 0 bridgehead atoms. The molecule has 2 fully saturated rings. The first kappa shape index (κ1) is 17.8. The number of piperazine rings is 1. The molecule has 2 aliphatic heterocycles. The van der Waals surface area contributed by atoms with E-state index in [-0.39, 0.29) is 0 Å². The van der Waals surface area contributed by atoms with Crippen LogP contribution in [-0.2, 0) is 0 Å².